The van der Waals surface area contributed by atoms with E-state index >= 15 is 0 Å². The average Bonchev–Trinajstić information content (AvgIpc) is 2.65. The SMILES string of the molecule is COc1cc(CC(F)(F)F)ccc1C1CN(C(=O)N2CC[C@@H]3OCC(=O)C[C@@H]3C2)C1. The maximum absolute atomic E-state index is 12.8. The van der Waals surface area contributed by atoms with Crippen molar-refractivity contribution in [1.82, 2.24) is 9.80 Å². The summed E-state index contributed by atoms with van der Waals surface area (Å²) in [6.07, 6.45) is -4.03. The number of carbonyl (C=O) groups is 2. The van der Waals surface area contributed by atoms with Gasteiger partial charge in [-0.05, 0) is 18.1 Å². The fourth-order valence-corrected chi connectivity index (χ4v) is 4.62. The summed E-state index contributed by atoms with van der Waals surface area (Å²) >= 11 is 0. The lowest BCUT2D eigenvalue weighted by atomic mass is 9.87. The molecule has 1 aromatic rings. The Labute approximate surface area is 172 Å². The van der Waals surface area contributed by atoms with Gasteiger partial charge in [-0.15, -0.1) is 0 Å². The van der Waals surface area contributed by atoms with Crippen LogP contribution in [0, 0.1) is 5.92 Å². The summed E-state index contributed by atoms with van der Waals surface area (Å²) in [5, 5.41) is 0. The summed E-state index contributed by atoms with van der Waals surface area (Å²) in [5.74, 6) is 0.589. The number of Topliss-reactive ketones (excluding diaryl/α,β-unsaturated/α-hetero) is 1. The van der Waals surface area contributed by atoms with Crippen LogP contribution in [0.25, 0.3) is 0 Å². The molecular weight excluding hydrogens is 401 g/mol. The number of likely N-dealkylation sites (tertiary alicyclic amines) is 2. The first-order chi connectivity index (χ1) is 14.2. The molecule has 30 heavy (non-hydrogen) atoms. The van der Waals surface area contributed by atoms with Crippen molar-refractivity contribution in [3.8, 4) is 5.75 Å². The molecular formula is C21H25F3N2O4. The van der Waals surface area contributed by atoms with Crippen molar-refractivity contribution in [3.05, 3.63) is 29.3 Å². The fourth-order valence-electron chi connectivity index (χ4n) is 4.62. The summed E-state index contributed by atoms with van der Waals surface area (Å²) in [6.45, 7) is 2.28. The summed E-state index contributed by atoms with van der Waals surface area (Å²) in [7, 11) is 1.44. The van der Waals surface area contributed by atoms with Crippen LogP contribution in [0.2, 0.25) is 0 Å². The molecule has 0 aliphatic carbocycles. The number of piperidine rings is 1. The van der Waals surface area contributed by atoms with E-state index in [-0.39, 0.29) is 41.9 Å². The minimum absolute atomic E-state index is 0.0287. The largest absolute Gasteiger partial charge is 0.496 e. The van der Waals surface area contributed by atoms with Gasteiger partial charge in [0.2, 0.25) is 0 Å². The lowest BCUT2D eigenvalue weighted by Crippen LogP contribution is -2.58. The molecule has 1 aromatic carbocycles. The zero-order valence-electron chi connectivity index (χ0n) is 16.8. The Morgan fingerprint density at radius 2 is 2.00 bits per heavy atom. The number of methoxy groups -OCH3 is 1. The van der Waals surface area contributed by atoms with Gasteiger partial charge in [0.25, 0.3) is 0 Å². The molecule has 0 saturated carbocycles. The molecule has 164 valence electrons. The Kier molecular flexibility index (Phi) is 5.65. The Hall–Kier alpha value is -2.29. The number of halogens is 3. The van der Waals surface area contributed by atoms with Crippen LogP contribution in [0.15, 0.2) is 18.2 Å². The van der Waals surface area contributed by atoms with Crippen LogP contribution in [0.3, 0.4) is 0 Å². The van der Waals surface area contributed by atoms with Crippen LogP contribution in [0.1, 0.15) is 29.9 Å². The van der Waals surface area contributed by atoms with Crippen LogP contribution in [-0.2, 0) is 16.0 Å². The minimum atomic E-state index is -4.27. The number of fused-ring (bicyclic) bond motifs is 1. The molecule has 9 heteroatoms. The molecule has 2 atom stereocenters. The van der Waals surface area contributed by atoms with E-state index in [0.717, 1.165) is 12.0 Å². The molecule has 0 bridgehead atoms. The van der Waals surface area contributed by atoms with Gasteiger partial charge >= 0.3 is 12.2 Å². The van der Waals surface area contributed by atoms with Crippen LogP contribution < -0.4 is 4.74 Å². The fraction of sp³-hybridized carbons (Fsp3) is 0.619. The van der Waals surface area contributed by atoms with Gasteiger partial charge in [-0.3, -0.25) is 4.79 Å². The van der Waals surface area contributed by atoms with Crippen molar-refractivity contribution in [3.63, 3.8) is 0 Å². The third-order valence-corrected chi connectivity index (χ3v) is 6.18. The van der Waals surface area contributed by atoms with Crippen LogP contribution in [0.4, 0.5) is 18.0 Å². The van der Waals surface area contributed by atoms with E-state index in [4.69, 9.17) is 9.47 Å². The highest BCUT2D eigenvalue weighted by Crippen LogP contribution is 2.36. The summed E-state index contributed by atoms with van der Waals surface area (Å²) < 4.78 is 48.8. The lowest BCUT2D eigenvalue weighted by Gasteiger charge is -2.46. The standard InChI is InChI=1S/C21H25F3N2O4/c1-29-19-6-13(8-21(22,23)24)2-3-17(19)15-10-26(11-15)20(28)25-5-4-18-14(9-25)7-16(27)12-30-18/h2-3,6,14-15,18H,4-5,7-12H2,1H3/t14-,18+/m1/s1. The first kappa shape index (κ1) is 21.0. The number of nitrogens with zero attached hydrogens (tertiary/aromatic N) is 2. The third-order valence-electron chi connectivity index (χ3n) is 6.18. The Balaban J connectivity index is 1.35. The monoisotopic (exact) mass is 426 g/mol. The highest BCUT2D eigenvalue weighted by atomic mass is 19.4. The van der Waals surface area contributed by atoms with Crippen LogP contribution in [0.5, 0.6) is 5.75 Å². The Bertz CT molecular complexity index is 823. The molecule has 0 N–H and O–H groups in total. The van der Waals surface area contributed by atoms with Crippen molar-refractivity contribution in [1.29, 1.82) is 0 Å². The molecule has 3 saturated heterocycles. The van der Waals surface area contributed by atoms with Crippen molar-refractivity contribution < 1.29 is 32.2 Å². The summed E-state index contributed by atoms with van der Waals surface area (Å²) in [4.78, 5) is 28.0. The van der Waals surface area contributed by atoms with Gasteiger partial charge in [0.15, 0.2) is 5.78 Å². The average molecular weight is 426 g/mol. The normalized spacial score (nSPS) is 25.0. The number of ketones is 1. The molecule has 3 aliphatic rings. The van der Waals surface area contributed by atoms with E-state index in [1.165, 1.54) is 19.2 Å². The van der Waals surface area contributed by atoms with Gasteiger partial charge in [-0.2, -0.15) is 13.2 Å². The van der Waals surface area contributed by atoms with E-state index in [1.54, 1.807) is 15.9 Å². The number of carbonyl (C=O) groups excluding carboxylic acids is 2. The van der Waals surface area contributed by atoms with Crippen molar-refractivity contribution in [2.75, 3.05) is 39.9 Å². The number of alkyl halides is 3. The second kappa shape index (κ2) is 8.09. The van der Waals surface area contributed by atoms with Gasteiger partial charge in [0.1, 0.15) is 12.4 Å². The molecule has 4 rings (SSSR count). The third kappa shape index (κ3) is 4.40. The van der Waals surface area contributed by atoms with Gasteiger partial charge in [0.05, 0.1) is 19.6 Å². The Morgan fingerprint density at radius 3 is 2.70 bits per heavy atom. The maximum atomic E-state index is 12.8. The lowest BCUT2D eigenvalue weighted by molar-refractivity contribution is -0.140. The quantitative estimate of drug-likeness (QED) is 0.746. The number of rotatable bonds is 3. The zero-order chi connectivity index (χ0) is 21.5. The smallest absolute Gasteiger partial charge is 0.393 e. The molecule has 3 aliphatic heterocycles. The van der Waals surface area contributed by atoms with E-state index in [1.807, 2.05) is 0 Å². The van der Waals surface area contributed by atoms with Crippen LogP contribution in [-0.4, -0.2) is 73.8 Å². The molecule has 0 aromatic heterocycles. The maximum Gasteiger partial charge on any atom is 0.393 e. The number of hydrogen-bond donors (Lipinski definition) is 0. The molecule has 3 heterocycles. The highest BCUT2D eigenvalue weighted by Gasteiger charge is 2.41. The molecule has 0 spiro atoms. The van der Waals surface area contributed by atoms with Crippen LogP contribution >= 0.6 is 0 Å². The second-order valence-corrected chi connectivity index (χ2v) is 8.34. The predicted octanol–water partition coefficient (Wildman–Crippen LogP) is 3.00. The van der Waals surface area contributed by atoms with Gasteiger partial charge in [-0.1, -0.05) is 12.1 Å². The molecule has 0 radical (unpaired) electrons. The van der Waals surface area contributed by atoms with E-state index in [2.05, 4.69) is 0 Å². The number of benzene rings is 1. The second-order valence-electron chi connectivity index (χ2n) is 8.34. The van der Waals surface area contributed by atoms with Crippen molar-refractivity contribution in [2.45, 2.75) is 37.5 Å². The number of hydrogen-bond acceptors (Lipinski definition) is 4. The first-order valence-corrected chi connectivity index (χ1v) is 10.1. The van der Waals surface area contributed by atoms with Gasteiger partial charge < -0.3 is 19.3 Å². The predicted molar refractivity (Wildman–Crippen MR) is 102 cm³/mol. The summed E-state index contributed by atoms with van der Waals surface area (Å²) in [5.41, 5.74) is 0.972. The van der Waals surface area contributed by atoms with Gasteiger partial charge in [0, 0.05) is 50.0 Å². The number of urea groups is 1. The summed E-state index contributed by atoms with van der Waals surface area (Å²) in [6, 6.07) is 4.51. The number of amides is 2. The number of ether oxygens (including phenoxy) is 2. The van der Waals surface area contributed by atoms with Crippen molar-refractivity contribution in [2.24, 2.45) is 5.92 Å². The Morgan fingerprint density at radius 1 is 1.23 bits per heavy atom. The first-order valence-electron chi connectivity index (χ1n) is 10.1. The molecule has 0 unspecified atom stereocenters. The van der Waals surface area contributed by atoms with E-state index in [0.29, 0.717) is 38.3 Å². The highest BCUT2D eigenvalue weighted by molar-refractivity contribution is 5.81. The molecule has 2 amide bonds. The van der Waals surface area contributed by atoms with Crippen molar-refractivity contribution >= 4 is 11.8 Å². The molecule has 6 nitrogen and oxygen atoms in total. The minimum Gasteiger partial charge on any atom is -0.496 e. The van der Waals surface area contributed by atoms with Gasteiger partial charge in [-0.25, -0.2) is 4.79 Å². The van der Waals surface area contributed by atoms with E-state index in [9.17, 15) is 22.8 Å². The topological polar surface area (TPSA) is 59.1 Å². The molecule has 3 fully saturated rings. The van der Waals surface area contributed by atoms with E-state index < -0.39 is 12.6 Å². The zero-order valence-corrected chi connectivity index (χ0v) is 16.8.